The van der Waals surface area contributed by atoms with E-state index in [2.05, 4.69) is 15.4 Å². The average molecular weight is 335 g/mol. The topological polar surface area (TPSA) is 112 Å². The van der Waals surface area contributed by atoms with E-state index in [4.69, 9.17) is 5.73 Å². The second-order valence-corrected chi connectivity index (χ2v) is 5.69. The molecule has 1 fully saturated rings. The van der Waals surface area contributed by atoms with Gasteiger partial charge in [0.2, 0.25) is 0 Å². The zero-order valence-electron chi connectivity index (χ0n) is 13.2. The molecule has 0 aliphatic carbocycles. The fourth-order valence-corrected chi connectivity index (χ4v) is 2.80. The zero-order valence-corrected chi connectivity index (χ0v) is 13.2. The number of alkyl halides is 1. The number of primary amides is 1. The maximum atomic E-state index is 13.9. The van der Waals surface area contributed by atoms with E-state index in [0.29, 0.717) is 6.54 Å². The van der Waals surface area contributed by atoms with Gasteiger partial charge in [-0.25, -0.2) is 9.07 Å². The summed E-state index contributed by atoms with van der Waals surface area (Å²) in [4.78, 5) is 25.1. The summed E-state index contributed by atoms with van der Waals surface area (Å²) in [6.45, 7) is 2.82. The fraction of sp³-hybridized carbons (Fsp3) is 0.500. The molecule has 1 aliphatic heterocycles. The molecule has 10 heteroatoms. The lowest BCUT2D eigenvalue weighted by Gasteiger charge is -2.23. The quantitative estimate of drug-likeness (QED) is 0.816. The molecule has 1 aliphatic rings. The van der Waals surface area contributed by atoms with E-state index in [1.165, 1.54) is 15.8 Å². The van der Waals surface area contributed by atoms with E-state index in [-0.39, 0.29) is 42.8 Å². The molecule has 2 N–H and O–H groups in total. The Labute approximate surface area is 137 Å². The molecule has 2 amide bonds. The van der Waals surface area contributed by atoms with Crippen LogP contribution in [0.15, 0.2) is 18.5 Å². The Morgan fingerprint density at radius 1 is 1.38 bits per heavy atom. The third-order valence-electron chi connectivity index (χ3n) is 4.00. The molecule has 128 valence electrons. The number of aryl methyl sites for hydroxylation is 1. The summed E-state index contributed by atoms with van der Waals surface area (Å²) in [5, 5.41) is 11.6. The van der Waals surface area contributed by atoms with Crippen molar-refractivity contribution in [2.45, 2.75) is 38.6 Å². The van der Waals surface area contributed by atoms with Crippen molar-refractivity contribution in [3.63, 3.8) is 0 Å². The molecule has 0 radical (unpaired) electrons. The molecule has 24 heavy (non-hydrogen) atoms. The average Bonchev–Trinajstić information content (AvgIpc) is 3.26. The van der Waals surface area contributed by atoms with Crippen LogP contribution in [0.3, 0.4) is 0 Å². The Kier molecular flexibility index (Phi) is 4.28. The highest BCUT2D eigenvalue weighted by Gasteiger charge is 2.37. The number of hydrogen-bond donors (Lipinski definition) is 1. The van der Waals surface area contributed by atoms with Crippen LogP contribution in [-0.2, 0) is 13.1 Å². The molecule has 0 unspecified atom stereocenters. The van der Waals surface area contributed by atoms with E-state index < -0.39 is 12.1 Å². The van der Waals surface area contributed by atoms with E-state index in [0.717, 1.165) is 0 Å². The monoisotopic (exact) mass is 335 g/mol. The first-order valence-electron chi connectivity index (χ1n) is 7.66. The molecule has 2 aromatic heterocycles. The van der Waals surface area contributed by atoms with Gasteiger partial charge < -0.3 is 10.6 Å². The number of nitrogens with zero attached hydrogens (tertiary/aromatic N) is 6. The highest BCUT2D eigenvalue weighted by Crippen LogP contribution is 2.23. The van der Waals surface area contributed by atoms with Crippen LogP contribution >= 0.6 is 0 Å². The highest BCUT2D eigenvalue weighted by atomic mass is 19.1. The summed E-state index contributed by atoms with van der Waals surface area (Å²) in [6.07, 6.45) is 2.20. The van der Waals surface area contributed by atoms with Crippen LogP contribution in [0.2, 0.25) is 0 Å². The minimum atomic E-state index is -1.11. The van der Waals surface area contributed by atoms with Gasteiger partial charge in [0.15, 0.2) is 5.69 Å². The number of rotatable bonds is 5. The molecule has 3 rings (SSSR count). The second kappa shape index (κ2) is 6.38. The summed E-state index contributed by atoms with van der Waals surface area (Å²) >= 11 is 0. The van der Waals surface area contributed by atoms with Gasteiger partial charge in [-0.05, 0) is 13.0 Å². The molecule has 2 atom stereocenters. The molecule has 3 heterocycles. The zero-order chi connectivity index (χ0) is 17.3. The third kappa shape index (κ3) is 3.12. The van der Waals surface area contributed by atoms with Crippen molar-refractivity contribution < 1.29 is 14.0 Å². The molecule has 1 saturated heterocycles. The van der Waals surface area contributed by atoms with E-state index in [1.54, 1.807) is 16.9 Å². The Morgan fingerprint density at radius 3 is 2.79 bits per heavy atom. The molecule has 0 bridgehead atoms. The molecule has 9 nitrogen and oxygen atoms in total. The van der Waals surface area contributed by atoms with Crippen LogP contribution in [0.25, 0.3) is 0 Å². The number of aromatic nitrogens is 5. The van der Waals surface area contributed by atoms with Crippen molar-refractivity contribution in [1.29, 1.82) is 0 Å². The van der Waals surface area contributed by atoms with Gasteiger partial charge in [-0.2, -0.15) is 5.10 Å². The predicted octanol–water partition coefficient (Wildman–Crippen LogP) is -0.154. The van der Waals surface area contributed by atoms with Gasteiger partial charge in [0.1, 0.15) is 11.9 Å². The van der Waals surface area contributed by atoms with Crippen molar-refractivity contribution in [3.8, 4) is 0 Å². The number of amides is 2. The fourth-order valence-electron chi connectivity index (χ4n) is 2.80. The van der Waals surface area contributed by atoms with Gasteiger partial charge in [0.25, 0.3) is 11.8 Å². The summed E-state index contributed by atoms with van der Waals surface area (Å²) in [5.41, 5.74) is 5.45. The summed E-state index contributed by atoms with van der Waals surface area (Å²) in [7, 11) is 0. The third-order valence-corrected chi connectivity index (χ3v) is 4.00. The number of nitrogens with two attached hydrogens (primary N) is 1. The van der Waals surface area contributed by atoms with Crippen molar-refractivity contribution in [2.24, 2.45) is 5.73 Å². The summed E-state index contributed by atoms with van der Waals surface area (Å²) in [6, 6.07) is 1.23. The van der Waals surface area contributed by atoms with E-state index >= 15 is 0 Å². The summed E-state index contributed by atoms with van der Waals surface area (Å²) < 4.78 is 16.9. The molecular weight excluding hydrogens is 317 g/mol. The smallest absolute Gasteiger partial charge is 0.274 e. The largest absolute Gasteiger partial charge is 0.364 e. The van der Waals surface area contributed by atoms with Gasteiger partial charge >= 0.3 is 0 Å². The second-order valence-electron chi connectivity index (χ2n) is 5.69. The number of likely N-dealkylation sites (tertiary alicyclic amines) is 1. The summed E-state index contributed by atoms with van der Waals surface area (Å²) in [5.74, 6) is -1.00. The number of hydrogen-bond acceptors (Lipinski definition) is 5. The Balaban J connectivity index is 1.75. The normalized spacial score (nSPS) is 20.5. The number of carbonyl (C=O) groups is 2. The Morgan fingerprint density at radius 2 is 2.17 bits per heavy atom. The first kappa shape index (κ1) is 16.1. The van der Waals surface area contributed by atoms with Gasteiger partial charge in [0, 0.05) is 19.2 Å². The molecule has 0 aromatic carbocycles. The van der Waals surface area contributed by atoms with E-state index in [1.807, 2.05) is 6.92 Å². The van der Waals surface area contributed by atoms with Crippen LogP contribution in [-0.4, -0.2) is 60.2 Å². The Hall–Kier alpha value is -2.78. The van der Waals surface area contributed by atoms with Gasteiger partial charge in [0.05, 0.1) is 25.3 Å². The van der Waals surface area contributed by atoms with Gasteiger partial charge in [-0.15, -0.1) is 5.10 Å². The minimum Gasteiger partial charge on any atom is -0.364 e. The van der Waals surface area contributed by atoms with Crippen LogP contribution in [0.1, 0.15) is 34.3 Å². The lowest BCUT2D eigenvalue weighted by atomic mass is 10.2. The van der Waals surface area contributed by atoms with Crippen LogP contribution < -0.4 is 5.73 Å². The maximum Gasteiger partial charge on any atom is 0.274 e. The lowest BCUT2D eigenvalue weighted by molar-refractivity contribution is 0.0707. The predicted molar refractivity (Wildman–Crippen MR) is 80.8 cm³/mol. The lowest BCUT2D eigenvalue weighted by Crippen LogP contribution is -2.38. The van der Waals surface area contributed by atoms with Gasteiger partial charge in [-0.1, -0.05) is 5.21 Å². The standard InChI is InChI=1S/C14H18FN7O2/c1-2-20-4-3-11(18-20)14(24)22-6-9(15)5-10(22)7-21-8-12(13(16)23)17-19-21/h3-4,8-10H,2,5-7H2,1H3,(H2,16,23)/t9-,10-/m0/s1. The first-order valence-corrected chi connectivity index (χ1v) is 7.66. The number of halogens is 1. The van der Waals surface area contributed by atoms with Crippen LogP contribution in [0.5, 0.6) is 0 Å². The SMILES string of the molecule is CCn1ccc(C(=O)N2C[C@@H](F)C[C@H]2Cn2cc(C(N)=O)nn2)n1. The minimum absolute atomic E-state index is 0.0137. The highest BCUT2D eigenvalue weighted by molar-refractivity contribution is 5.92. The molecule has 0 saturated carbocycles. The van der Waals surface area contributed by atoms with Crippen LogP contribution in [0, 0.1) is 0 Å². The molecule has 2 aromatic rings. The molecule has 0 spiro atoms. The van der Waals surface area contributed by atoms with Crippen molar-refractivity contribution >= 4 is 11.8 Å². The Bertz CT molecular complexity index is 756. The van der Waals surface area contributed by atoms with Crippen molar-refractivity contribution in [2.75, 3.05) is 6.54 Å². The van der Waals surface area contributed by atoms with Crippen LogP contribution in [0.4, 0.5) is 4.39 Å². The first-order chi connectivity index (χ1) is 11.5. The van der Waals surface area contributed by atoms with Crippen molar-refractivity contribution in [3.05, 3.63) is 29.8 Å². The maximum absolute atomic E-state index is 13.9. The van der Waals surface area contributed by atoms with Gasteiger partial charge in [-0.3, -0.25) is 14.3 Å². The number of carbonyl (C=O) groups excluding carboxylic acids is 2. The molecular formula is C14H18FN7O2. The van der Waals surface area contributed by atoms with E-state index in [9.17, 15) is 14.0 Å². The van der Waals surface area contributed by atoms with Crippen molar-refractivity contribution in [1.82, 2.24) is 29.7 Å².